The number of anilines is 1. The van der Waals surface area contributed by atoms with Gasteiger partial charge in [0, 0.05) is 20.2 Å². The molecule has 0 unspecified atom stereocenters. The van der Waals surface area contributed by atoms with Gasteiger partial charge in [0.25, 0.3) is 0 Å². The number of nitrogens with zero attached hydrogens (tertiary/aromatic N) is 1. The predicted molar refractivity (Wildman–Crippen MR) is 115 cm³/mol. The Hall–Kier alpha value is -3.03. The summed E-state index contributed by atoms with van der Waals surface area (Å²) in [5.41, 5.74) is 0.977. The average molecular weight is 370 g/mol. The minimum absolute atomic E-state index is 0.117. The molecule has 0 aliphatic heterocycles. The summed E-state index contributed by atoms with van der Waals surface area (Å²) >= 11 is 0. The molecule has 0 fully saturated rings. The zero-order chi connectivity index (χ0) is 18.6. The number of amides is 1. The van der Waals surface area contributed by atoms with Crippen molar-refractivity contribution in [3.05, 3.63) is 91.0 Å². The van der Waals surface area contributed by atoms with Crippen LogP contribution in [0.3, 0.4) is 0 Å². The molecule has 0 aliphatic carbocycles. The molecule has 0 radical (unpaired) electrons. The molecule has 0 saturated carbocycles. The third kappa shape index (κ3) is 3.74. The topological polar surface area (TPSA) is 42.0 Å². The molecule has 0 saturated heterocycles. The van der Waals surface area contributed by atoms with E-state index in [1.54, 1.807) is 0 Å². The lowest BCUT2D eigenvalue weighted by atomic mass is 10.1. The molecular weight excluding hydrogens is 351 g/mol. The van der Waals surface area contributed by atoms with Gasteiger partial charge < -0.3 is 5.32 Å². The summed E-state index contributed by atoms with van der Waals surface area (Å²) in [6.07, 6.45) is 0. The third-order valence-electron chi connectivity index (χ3n) is 4.28. The van der Waals surface area contributed by atoms with Crippen molar-refractivity contribution in [2.75, 3.05) is 5.32 Å². The van der Waals surface area contributed by atoms with Crippen LogP contribution in [0.4, 0.5) is 5.82 Å². The van der Waals surface area contributed by atoms with Crippen LogP contribution in [0.25, 0.3) is 10.8 Å². The second-order valence-corrected chi connectivity index (χ2v) is 8.40. The van der Waals surface area contributed by atoms with Gasteiger partial charge in [0.05, 0.1) is 5.44 Å². The molecule has 27 heavy (non-hydrogen) atoms. The average Bonchev–Trinajstić information content (AvgIpc) is 2.69. The standard InChI is InChI=1S/C23H19N2OP/c1-17(26)24-23-21-15-9-8-10-18(21)16-22(25-23)27(19-11-4-2-5-12-19)20-13-6-3-7-14-20/h2-16H,1H3,(H,24,25,26). The van der Waals surface area contributed by atoms with Crippen molar-refractivity contribution in [2.24, 2.45) is 0 Å². The number of pyridine rings is 1. The fraction of sp³-hybridized carbons (Fsp3) is 0.0435. The number of benzene rings is 3. The molecule has 0 aliphatic rings. The number of rotatable bonds is 4. The van der Waals surface area contributed by atoms with Crippen molar-refractivity contribution in [1.82, 2.24) is 4.98 Å². The Labute approximate surface area is 159 Å². The van der Waals surface area contributed by atoms with Gasteiger partial charge in [-0.3, -0.25) is 4.79 Å². The molecule has 1 heterocycles. The summed E-state index contributed by atoms with van der Waals surface area (Å²) in [5.74, 6) is 0.503. The number of carbonyl (C=O) groups is 1. The molecule has 1 aromatic heterocycles. The molecular formula is C23H19N2OP. The molecule has 0 atom stereocenters. The Kier molecular flexibility index (Phi) is 4.95. The maximum absolute atomic E-state index is 11.7. The first-order valence-electron chi connectivity index (χ1n) is 8.80. The van der Waals surface area contributed by atoms with Crippen LogP contribution in [-0.2, 0) is 4.79 Å². The van der Waals surface area contributed by atoms with Crippen LogP contribution in [0.5, 0.6) is 0 Å². The van der Waals surface area contributed by atoms with Gasteiger partial charge in [0.15, 0.2) is 0 Å². The number of nitrogens with one attached hydrogen (secondary N) is 1. The fourth-order valence-corrected chi connectivity index (χ4v) is 5.36. The molecule has 4 heteroatoms. The van der Waals surface area contributed by atoms with Gasteiger partial charge in [-0.25, -0.2) is 4.98 Å². The van der Waals surface area contributed by atoms with E-state index in [4.69, 9.17) is 4.98 Å². The molecule has 4 aromatic rings. The van der Waals surface area contributed by atoms with E-state index in [-0.39, 0.29) is 5.91 Å². The number of hydrogen-bond donors (Lipinski definition) is 1. The first-order valence-corrected chi connectivity index (χ1v) is 10.1. The summed E-state index contributed by atoms with van der Waals surface area (Å²) in [4.78, 5) is 16.6. The molecule has 4 rings (SSSR count). The largest absolute Gasteiger partial charge is 0.310 e. The van der Waals surface area contributed by atoms with Gasteiger partial charge in [-0.05, 0) is 22.1 Å². The fourth-order valence-electron chi connectivity index (χ4n) is 3.13. The minimum Gasteiger partial charge on any atom is -0.310 e. The van der Waals surface area contributed by atoms with E-state index in [2.05, 4.69) is 66.0 Å². The van der Waals surface area contributed by atoms with E-state index in [0.29, 0.717) is 5.82 Å². The second kappa shape index (κ2) is 7.69. The Morgan fingerprint density at radius 3 is 1.96 bits per heavy atom. The summed E-state index contributed by atoms with van der Waals surface area (Å²) in [5, 5.41) is 7.40. The Balaban J connectivity index is 1.95. The maximum Gasteiger partial charge on any atom is 0.222 e. The molecule has 1 N–H and O–H groups in total. The Morgan fingerprint density at radius 1 is 0.815 bits per heavy atom. The lowest BCUT2D eigenvalue weighted by Gasteiger charge is -2.20. The van der Waals surface area contributed by atoms with Gasteiger partial charge in [-0.2, -0.15) is 0 Å². The van der Waals surface area contributed by atoms with Crippen molar-refractivity contribution >= 4 is 46.5 Å². The van der Waals surface area contributed by atoms with Gasteiger partial charge in [-0.1, -0.05) is 84.9 Å². The van der Waals surface area contributed by atoms with Crippen molar-refractivity contribution < 1.29 is 4.79 Å². The SMILES string of the molecule is CC(=O)Nc1nc(P(c2ccccc2)c2ccccc2)cc2ccccc12. The van der Waals surface area contributed by atoms with Gasteiger partial charge >= 0.3 is 0 Å². The summed E-state index contributed by atoms with van der Waals surface area (Å²) in [6.45, 7) is 1.51. The van der Waals surface area contributed by atoms with Gasteiger partial charge in [0.2, 0.25) is 5.91 Å². The zero-order valence-corrected chi connectivity index (χ0v) is 15.9. The Morgan fingerprint density at radius 2 is 1.37 bits per heavy atom. The third-order valence-corrected chi connectivity index (χ3v) is 6.60. The summed E-state index contributed by atoms with van der Waals surface area (Å²) in [7, 11) is -0.823. The van der Waals surface area contributed by atoms with Crippen LogP contribution in [0, 0.1) is 0 Å². The van der Waals surface area contributed by atoms with Crippen LogP contribution in [0.15, 0.2) is 91.0 Å². The highest BCUT2D eigenvalue weighted by atomic mass is 31.1. The summed E-state index contributed by atoms with van der Waals surface area (Å²) in [6, 6.07) is 31.1. The van der Waals surface area contributed by atoms with Crippen LogP contribution < -0.4 is 21.4 Å². The van der Waals surface area contributed by atoms with E-state index in [1.165, 1.54) is 17.5 Å². The van der Waals surface area contributed by atoms with Crippen molar-refractivity contribution in [3.8, 4) is 0 Å². The monoisotopic (exact) mass is 370 g/mol. The number of fused-ring (bicyclic) bond motifs is 1. The quantitative estimate of drug-likeness (QED) is 0.553. The van der Waals surface area contributed by atoms with E-state index in [9.17, 15) is 4.79 Å². The van der Waals surface area contributed by atoms with Crippen LogP contribution >= 0.6 is 7.92 Å². The normalized spacial score (nSPS) is 10.9. The highest BCUT2D eigenvalue weighted by molar-refractivity contribution is 7.79. The number of aromatic nitrogens is 1. The number of hydrogen-bond acceptors (Lipinski definition) is 2. The van der Waals surface area contributed by atoms with E-state index >= 15 is 0 Å². The lowest BCUT2D eigenvalue weighted by Crippen LogP contribution is -2.24. The predicted octanol–water partition coefficient (Wildman–Crippen LogP) is 3.95. The molecule has 3 nitrogen and oxygen atoms in total. The van der Waals surface area contributed by atoms with E-state index in [1.807, 2.05) is 30.3 Å². The van der Waals surface area contributed by atoms with E-state index < -0.39 is 7.92 Å². The first-order chi connectivity index (χ1) is 13.2. The lowest BCUT2D eigenvalue weighted by molar-refractivity contribution is -0.114. The highest BCUT2D eigenvalue weighted by Crippen LogP contribution is 2.34. The number of carbonyl (C=O) groups excluding carboxylic acids is 1. The molecule has 0 spiro atoms. The van der Waals surface area contributed by atoms with E-state index in [0.717, 1.165) is 16.2 Å². The molecule has 0 bridgehead atoms. The Bertz CT molecular complexity index is 1040. The summed E-state index contributed by atoms with van der Waals surface area (Å²) < 4.78 is 0. The highest BCUT2D eigenvalue weighted by Gasteiger charge is 2.19. The molecule has 132 valence electrons. The van der Waals surface area contributed by atoms with Crippen LogP contribution in [-0.4, -0.2) is 10.9 Å². The smallest absolute Gasteiger partial charge is 0.222 e. The van der Waals surface area contributed by atoms with Crippen molar-refractivity contribution in [2.45, 2.75) is 6.92 Å². The van der Waals surface area contributed by atoms with Gasteiger partial charge in [-0.15, -0.1) is 0 Å². The van der Waals surface area contributed by atoms with Crippen molar-refractivity contribution in [3.63, 3.8) is 0 Å². The molecule has 3 aromatic carbocycles. The van der Waals surface area contributed by atoms with Crippen LogP contribution in [0.1, 0.15) is 6.92 Å². The van der Waals surface area contributed by atoms with Crippen molar-refractivity contribution in [1.29, 1.82) is 0 Å². The maximum atomic E-state index is 11.7. The molecule has 1 amide bonds. The first kappa shape index (κ1) is 17.4. The van der Waals surface area contributed by atoms with Crippen LogP contribution in [0.2, 0.25) is 0 Å². The van der Waals surface area contributed by atoms with Gasteiger partial charge in [0.1, 0.15) is 5.82 Å². The second-order valence-electron chi connectivity index (χ2n) is 6.24. The zero-order valence-electron chi connectivity index (χ0n) is 15.0. The minimum atomic E-state index is -0.823.